The summed E-state index contributed by atoms with van der Waals surface area (Å²) in [6.45, 7) is 0.752. The maximum absolute atomic E-state index is 15.2. The molecule has 9 heteroatoms. The van der Waals surface area contributed by atoms with Crippen molar-refractivity contribution in [1.82, 2.24) is 14.9 Å². The third kappa shape index (κ3) is 3.45. The molecule has 0 fully saturated rings. The number of aromatic nitrogens is 2. The number of halogens is 3. The second-order valence-electron chi connectivity index (χ2n) is 9.83. The van der Waals surface area contributed by atoms with E-state index in [2.05, 4.69) is 10.3 Å². The first-order chi connectivity index (χ1) is 17.1. The van der Waals surface area contributed by atoms with E-state index in [1.165, 1.54) is 18.2 Å². The summed E-state index contributed by atoms with van der Waals surface area (Å²) in [5.74, 6) is -0.323. The SMILES string of the molecule is CC(C)(N)c1ccc(-c2cc3c(cc2F)nc2n3[C@@H]3C[C@H]2NC(=O)c2cccc(OC(F)F)c23)cc1. The van der Waals surface area contributed by atoms with Crippen molar-refractivity contribution in [3.63, 3.8) is 0 Å². The van der Waals surface area contributed by atoms with Gasteiger partial charge in [0.2, 0.25) is 0 Å². The number of fused-ring (bicyclic) bond motifs is 9. The molecule has 3 heterocycles. The van der Waals surface area contributed by atoms with Crippen LogP contribution in [-0.2, 0) is 5.54 Å². The van der Waals surface area contributed by atoms with Crippen LogP contribution in [0.1, 0.15) is 59.7 Å². The Morgan fingerprint density at radius 3 is 2.58 bits per heavy atom. The molecule has 6 rings (SSSR count). The fraction of sp³-hybridized carbons (Fsp3) is 0.259. The van der Waals surface area contributed by atoms with Gasteiger partial charge in [0.05, 0.1) is 23.1 Å². The van der Waals surface area contributed by atoms with E-state index in [1.807, 2.05) is 42.7 Å². The molecule has 2 aliphatic heterocycles. The van der Waals surface area contributed by atoms with Crippen molar-refractivity contribution in [3.8, 4) is 16.9 Å². The van der Waals surface area contributed by atoms with Crippen molar-refractivity contribution >= 4 is 16.9 Å². The Labute approximate surface area is 204 Å². The van der Waals surface area contributed by atoms with Crippen molar-refractivity contribution in [2.75, 3.05) is 0 Å². The minimum absolute atomic E-state index is 0.0553. The van der Waals surface area contributed by atoms with Crippen molar-refractivity contribution < 1.29 is 22.7 Å². The summed E-state index contributed by atoms with van der Waals surface area (Å²) >= 11 is 0. The zero-order chi connectivity index (χ0) is 25.4. The zero-order valence-electron chi connectivity index (χ0n) is 19.6. The Morgan fingerprint density at radius 2 is 1.89 bits per heavy atom. The van der Waals surface area contributed by atoms with Gasteiger partial charge in [-0.25, -0.2) is 9.37 Å². The molecule has 3 N–H and O–H groups in total. The van der Waals surface area contributed by atoms with E-state index in [4.69, 9.17) is 10.5 Å². The first kappa shape index (κ1) is 22.6. The minimum atomic E-state index is -3.04. The Balaban J connectivity index is 1.53. The summed E-state index contributed by atoms with van der Waals surface area (Å²) in [6.07, 6.45) is 0.424. The summed E-state index contributed by atoms with van der Waals surface area (Å²) in [5.41, 5.74) is 9.33. The molecule has 0 spiro atoms. The monoisotopic (exact) mass is 492 g/mol. The van der Waals surface area contributed by atoms with Crippen molar-refractivity contribution in [3.05, 3.63) is 82.9 Å². The Hall–Kier alpha value is -3.85. The zero-order valence-corrected chi connectivity index (χ0v) is 19.6. The summed E-state index contributed by atoms with van der Waals surface area (Å²) < 4.78 is 48.4. The van der Waals surface area contributed by atoms with E-state index in [0.717, 1.165) is 5.56 Å². The standard InChI is InChI=1S/C27H23F3N4O2/c1-27(2,31)14-8-6-13(7-9-14)16-10-20-18(11-17(16)28)32-24-19-12-21(34(20)24)23-15(25(35)33-19)4-3-5-22(23)36-26(29)30/h3-11,19,21,26H,12,31H2,1-2H3,(H,33,35)/t19-,21-/m1/s1. The highest BCUT2D eigenvalue weighted by molar-refractivity contribution is 5.98. The number of nitrogens with zero attached hydrogens (tertiary/aromatic N) is 2. The molecule has 2 aliphatic rings. The Morgan fingerprint density at radius 1 is 1.14 bits per heavy atom. The number of hydrogen-bond acceptors (Lipinski definition) is 4. The summed E-state index contributed by atoms with van der Waals surface area (Å²) in [7, 11) is 0. The largest absolute Gasteiger partial charge is 0.434 e. The summed E-state index contributed by atoms with van der Waals surface area (Å²) in [4.78, 5) is 17.5. The Kier molecular flexibility index (Phi) is 4.91. The molecular weight excluding hydrogens is 469 g/mol. The molecule has 0 unspecified atom stereocenters. The minimum Gasteiger partial charge on any atom is -0.434 e. The number of alkyl halides is 2. The highest BCUT2D eigenvalue weighted by atomic mass is 19.3. The molecule has 0 aliphatic carbocycles. The molecule has 1 amide bonds. The molecule has 0 radical (unpaired) electrons. The van der Waals surface area contributed by atoms with Crippen LogP contribution in [0.15, 0.2) is 54.6 Å². The van der Waals surface area contributed by atoms with Gasteiger partial charge in [0.25, 0.3) is 5.91 Å². The number of carbonyl (C=O) groups excluding carboxylic acids is 1. The van der Waals surface area contributed by atoms with Gasteiger partial charge in [-0.1, -0.05) is 30.3 Å². The normalized spacial score (nSPS) is 18.7. The third-order valence-corrected chi connectivity index (χ3v) is 6.99. The molecule has 0 saturated heterocycles. The van der Waals surface area contributed by atoms with Crippen LogP contribution in [-0.4, -0.2) is 22.1 Å². The molecule has 3 aromatic carbocycles. The van der Waals surface area contributed by atoms with Crippen LogP contribution in [0.4, 0.5) is 13.2 Å². The van der Waals surface area contributed by atoms with Gasteiger partial charge >= 0.3 is 6.61 Å². The van der Waals surface area contributed by atoms with E-state index in [0.29, 0.717) is 40.0 Å². The maximum Gasteiger partial charge on any atom is 0.387 e. The summed E-state index contributed by atoms with van der Waals surface area (Å²) in [5, 5.41) is 2.93. The second kappa shape index (κ2) is 7.83. The maximum atomic E-state index is 15.2. The fourth-order valence-electron chi connectivity index (χ4n) is 5.33. The molecule has 2 atom stereocenters. The molecule has 36 heavy (non-hydrogen) atoms. The van der Waals surface area contributed by atoms with Crippen LogP contribution in [0.2, 0.25) is 0 Å². The van der Waals surface area contributed by atoms with E-state index < -0.39 is 30.1 Å². The third-order valence-electron chi connectivity index (χ3n) is 6.99. The van der Waals surface area contributed by atoms with Crippen LogP contribution in [0.5, 0.6) is 5.75 Å². The van der Waals surface area contributed by atoms with Crippen molar-refractivity contribution in [1.29, 1.82) is 0 Å². The first-order valence-electron chi connectivity index (χ1n) is 11.6. The molecule has 4 aromatic rings. The van der Waals surface area contributed by atoms with E-state index >= 15 is 4.39 Å². The van der Waals surface area contributed by atoms with Crippen LogP contribution < -0.4 is 15.8 Å². The van der Waals surface area contributed by atoms with Crippen LogP contribution in [0.25, 0.3) is 22.2 Å². The fourth-order valence-corrected chi connectivity index (χ4v) is 5.33. The number of nitrogens with one attached hydrogen (secondary N) is 1. The molecule has 0 saturated carbocycles. The first-order valence-corrected chi connectivity index (χ1v) is 11.6. The number of benzene rings is 3. The van der Waals surface area contributed by atoms with Gasteiger partial charge in [-0.3, -0.25) is 4.79 Å². The molecule has 2 bridgehead atoms. The van der Waals surface area contributed by atoms with Gasteiger partial charge in [0.1, 0.15) is 17.4 Å². The van der Waals surface area contributed by atoms with Gasteiger partial charge < -0.3 is 20.4 Å². The molecular formula is C27H23F3N4O2. The number of rotatable bonds is 4. The Bertz CT molecular complexity index is 1520. The van der Waals surface area contributed by atoms with E-state index in [9.17, 15) is 13.6 Å². The number of ether oxygens (including phenoxy) is 1. The number of amides is 1. The van der Waals surface area contributed by atoms with Crippen LogP contribution in [0.3, 0.4) is 0 Å². The lowest BCUT2D eigenvalue weighted by Gasteiger charge is -2.21. The lowest BCUT2D eigenvalue weighted by molar-refractivity contribution is -0.0507. The average molecular weight is 493 g/mol. The number of imidazole rings is 1. The quantitative estimate of drug-likeness (QED) is 0.399. The second-order valence-corrected chi connectivity index (χ2v) is 9.83. The number of hydrogen-bond donors (Lipinski definition) is 2. The predicted molar refractivity (Wildman–Crippen MR) is 128 cm³/mol. The van der Waals surface area contributed by atoms with Crippen LogP contribution in [0, 0.1) is 5.82 Å². The lowest BCUT2D eigenvalue weighted by atomic mass is 9.93. The smallest absolute Gasteiger partial charge is 0.387 e. The predicted octanol–water partition coefficient (Wildman–Crippen LogP) is 5.42. The van der Waals surface area contributed by atoms with Gasteiger partial charge in [0, 0.05) is 28.3 Å². The number of nitrogens with two attached hydrogens (primary N) is 1. The lowest BCUT2D eigenvalue weighted by Crippen LogP contribution is -2.28. The highest BCUT2D eigenvalue weighted by Crippen LogP contribution is 2.48. The van der Waals surface area contributed by atoms with Gasteiger partial charge in [0.15, 0.2) is 0 Å². The van der Waals surface area contributed by atoms with E-state index in [1.54, 1.807) is 12.1 Å². The van der Waals surface area contributed by atoms with Crippen LogP contribution >= 0.6 is 0 Å². The molecule has 6 nitrogen and oxygen atoms in total. The molecule has 184 valence electrons. The topological polar surface area (TPSA) is 82.2 Å². The van der Waals surface area contributed by atoms with Crippen molar-refractivity contribution in [2.45, 2.75) is 44.5 Å². The molecule has 1 aromatic heterocycles. The highest BCUT2D eigenvalue weighted by Gasteiger charge is 2.42. The van der Waals surface area contributed by atoms with Crippen molar-refractivity contribution in [2.24, 2.45) is 5.73 Å². The number of carbonyl (C=O) groups is 1. The van der Waals surface area contributed by atoms with E-state index in [-0.39, 0.29) is 17.2 Å². The van der Waals surface area contributed by atoms with Gasteiger partial charge in [-0.2, -0.15) is 8.78 Å². The summed E-state index contributed by atoms with van der Waals surface area (Å²) in [6, 6.07) is 14.1. The van der Waals surface area contributed by atoms with Gasteiger partial charge in [-0.15, -0.1) is 0 Å². The van der Waals surface area contributed by atoms with Gasteiger partial charge in [-0.05, 0) is 49.6 Å². The average Bonchev–Trinajstić information content (AvgIpc) is 3.29.